The first kappa shape index (κ1) is 17.7. The van der Waals surface area contributed by atoms with Crippen LogP contribution in [0.1, 0.15) is 32.4 Å². The van der Waals surface area contributed by atoms with Crippen LogP contribution in [0.5, 0.6) is 0 Å². The Labute approximate surface area is 131 Å². The van der Waals surface area contributed by atoms with Crippen molar-refractivity contribution in [3.63, 3.8) is 0 Å². The summed E-state index contributed by atoms with van der Waals surface area (Å²) >= 11 is 12.2. The van der Waals surface area contributed by atoms with Gasteiger partial charge in [-0.3, -0.25) is 0 Å². The molecular weight excluding hydrogens is 298 g/mol. The molecule has 20 heavy (non-hydrogen) atoms. The molecule has 1 unspecified atom stereocenters. The van der Waals surface area contributed by atoms with Gasteiger partial charge in [0.25, 0.3) is 0 Å². The standard InChI is InChI=1S/C15H23Cl2FN2/c1-10(19-8-15(2,3)9-20(4)5)13-11(16)6-7-12(18)14(13)17/h6-7,10,19H,8-9H2,1-5H3. The fraction of sp³-hybridized carbons (Fsp3) is 0.600. The Hall–Kier alpha value is -0.350. The van der Waals surface area contributed by atoms with Gasteiger partial charge in [-0.05, 0) is 38.6 Å². The van der Waals surface area contributed by atoms with Gasteiger partial charge >= 0.3 is 0 Å². The molecule has 0 bridgehead atoms. The molecular formula is C15H23Cl2FN2. The van der Waals surface area contributed by atoms with Crippen molar-refractivity contribution in [2.75, 3.05) is 27.2 Å². The molecule has 0 radical (unpaired) electrons. The van der Waals surface area contributed by atoms with Crippen LogP contribution in [-0.2, 0) is 0 Å². The van der Waals surface area contributed by atoms with Crippen molar-refractivity contribution in [2.24, 2.45) is 5.41 Å². The molecule has 0 aliphatic heterocycles. The predicted octanol–water partition coefficient (Wildman–Crippen LogP) is 4.37. The van der Waals surface area contributed by atoms with E-state index in [4.69, 9.17) is 23.2 Å². The molecule has 0 saturated carbocycles. The molecule has 0 saturated heterocycles. The first-order valence-corrected chi connectivity index (χ1v) is 7.41. The summed E-state index contributed by atoms with van der Waals surface area (Å²) in [7, 11) is 4.09. The second-order valence-corrected chi connectivity index (χ2v) is 7.05. The van der Waals surface area contributed by atoms with Crippen LogP contribution in [0.25, 0.3) is 0 Å². The summed E-state index contributed by atoms with van der Waals surface area (Å²) in [6.45, 7) is 8.05. The lowest BCUT2D eigenvalue weighted by Gasteiger charge is -2.30. The lowest BCUT2D eigenvalue weighted by atomic mass is 9.92. The van der Waals surface area contributed by atoms with Crippen molar-refractivity contribution in [1.29, 1.82) is 0 Å². The number of benzene rings is 1. The molecule has 114 valence electrons. The molecule has 2 nitrogen and oxygen atoms in total. The van der Waals surface area contributed by atoms with Gasteiger partial charge in [-0.1, -0.05) is 37.0 Å². The topological polar surface area (TPSA) is 15.3 Å². The Morgan fingerprint density at radius 2 is 1.90 bits per heavy atom. The number of rotatable bonds is 6. The molecule has 0 spiro atoms. The lowest BCUT2D eigenvalue weighted by Crippen LogP contribution is -2.38. The van der Waals surface area contributed by atoms with Crippen LogP contribution in [0.4, 0.5) is 4.39 Å². The Morgan fingerprint density at radius 1 is 1.30 bits per heavy atom. The summed E-state index contributed by atoms with van der Waals surface area (Å²) in [5, 5.41) is 3.98. The SMILES string of the molecule is CC(NCC(C)(C)CN(C)C)c1c(Cl)ccc(F)c1Cl. The van der Waals surface area contributed by atoms with Crippen LogP contribution >= 0.6 is 23.2 Å². The van der Waals surface area contributed by atoms with E-state index in [1.165, 1.54) is 6.07 Å². The van der Waals surface area contributed by atoms with Gasteiger partial charge in [0.05, 0.1) is 5.02 Å². The minimum absolute atomic E-state index is 0.0999. The highest BCUT2D eigenvalue weighted by Gasteiger charge is 2.22. The van der Waals surface area contributed by atoms with E-state index in [1.54, 1.807) is 6.07 Å². The Morgan fingerprint density at radius 3 is 2.45 bits per heavy atom. The predicted molar refractivity (Wildman–Crippen MR) is 85.2 cm³/mol. The molecule has 1 aromatic carbocycles. The van der Waals surface area contributed by atoms with Gasteiger partial charge in [0.15, 0.2) is 0 Å². The molecule has 0 aromatic heterocycles. The second-order valence-electron chi connectivity index (χ2n) is 6.26. The third kappa shape index (κ3) is 4.88. The average molecular weight is 321 g/mol. The van der Waals surface area contributed by atoms with Crippen molar-refractivity contribution < 1.29 is 4.39 Å². The van der Waals surface area contributed by atoms with E-state index in [2.05, 4.69) is 24.1 Å². The fourth-order valence-electron chi connectivity index (χ4n) is 2.38. The second kappa shape index (κ2) is 7.08. The van der Waals surface area contributed by atoms with Crippen molar-refractivity contribution in [2.45, 2.75) is 26.8 Å². The minimum Gasteiger partial charge on any atom is -0.310 e. The largest absolute Gasteiger partial charge is 0.310 e. The van der Waals surface area contributed by atoms with E-state index >= 15 is 0 Å². The third-order valence-electron chi connectivity index (χ3n) is 3.14. The van der Waals surface area contributed by atoms with Crippen LogP contribution in [0.2, 0.25) is 10.0 Å². The highest BCUT2D eigenvalue weighted by atomic mass is 35.5. The zero-order valence-corrected chi connectivity index (χ0v) is 14.2. The Balaban J connectivity index is 2.78. The maximum Gasteiger partial charge on any atom is 0.142 e. The van der Waals surface area contributed by atoms with E-state index in [-0.39, 0.29) is 16.5 Å². The van der Waals surface area contributed by atoms with E-state index < -0.39 is 5.82 Å². The summed E-state index contributed by atoms with van der Waals surface area (Å²) in [5.41, 5.74) is 0.721. The number of hydrogen-bond donors (Lipinski definition) is 1. The summed E-state index contributed by atoms with van der Waals surface area (Å²) in [6, 6.07) is 2.73. The van der Waals surface area contributed by atoms with Crippen LogP contribution in [0.3, 0.4) is 0 Å². The molecule has 0 aliphatic rings. The van der Waals surface area contributed by atoms with Crippen molar-refractivity contribution in [3.05, 3.63) is 33.6 Å². The fourth-order valence-corrected chi connectivity index (χ4v) is 3.08. The van der Waals surface area contributed by atoms with E-state index in [1.807, 2.05) is 21.0 Å². The van der Waals surface area contributed by atoms with E-state index in [0.717, 1.165) is 13.1 Å². The molecule has 0 amide bonds. The van der Waals surface area contributed by atoms with Gasteiger partial charge in [0.1, 0.15) is 5.82 Å². The zero-order chi connectivity index (χ0) is 15.5. The van der Waals surface area contributed by atoms with Gasteiger partial charge in [-0.25, -0.2) is 4.39 Å². The molecule has 1 atom stereocenters. The molecule has 5 heteroatoms. The highest BCUT2D eigenvalue weighted by molar-refractivity contribution is 6.36. The highest BCUT2D eigenvalue weighted by Crippen LogP contribution is 2.32. The van der Waals surface area contributed by atoms with Gasteiger partial charge < -0.3 is 10.2 Å². The van der Waals surface area contributed by atoms with Crippen LogP contribution in [0, 0.1) is 11.2 Å². The van der Waals surface area contributed by atoms with Crippen molar-refractivity contribution in [1.82, 2.24) is 10.2 Å². The van der Waals surface area contributed by atoms with Gasteiger partial charge in [0.2, 0.25) is 0 Å². The van der Waals surface area contributed by atoms with E-state index in [0.29, 0.717) is 10.6 Å². The zero-order valence-electron chi connectivity index (χ0n) is 12.7. The molecule has 0 aliphatic carbocycles. The van der Waals surface area contributed by atoms with Crippen LogP contribution in [0.15, 0.2) is 12.1 Å². The average Bonchev–Trinajstić information content (AvgIpc) is 2.30. The van der Waals surface area contributed by atoms with Crippen molar-refractivity contribution in [3.8, 4) is 0 Å². The number of nitrogens with zero attached hydrogens (tertiary/aromatic N) is 1. The van der Waals surface area contributed by atoms with Gasteiger partial charge in [0, 0.05) is 29.7 Å². The van der Waals surface area contributed by atoms with Gasteiger partial charge in [-0.2, -0.15) is 0 Å². The first-order chi connectivity index (χ1) is 9.14. The number of nitrogens with one attached hydrogen (secondary N) is 1. The van der Waals surface area contributed by atoms with Crippen LogP contribution < -0.4 is 5.32 Å². The normalized spacial score (nSPS) is 13.8. The number of hydrogen-bond acceptors (Lipinski definition) is 2. The molecule has 1 rings (SSSR count). The summed E-state index contributed by atoms with van der Waals surface area (Å²) in [5.74, 6) is -0.438. The summed E-state index contributed by atoms with van der Waals surface area (Å²) in [4.78, 5) is 2.15. The minimum atomic E-state index is -0.438. The van der Waals surface area contributed by atoms with E-state index in [9.17, 15) is 4.39 Å². The molecule has 0 fully saturated rings. The quantitative estimate of drug-likeness (QED) is 0.783. The van der Waals surface area contributed by atoms with Gasteiger partial charge in [-0.15, -0.1) is 0 Å². The summed E-state index contributed by atoms with van der Waals surface area (Å²) in [6.07, 6.45) is 0. The van der Waals surface area contributed by atoms with Crippen molar-refractivity contribution >= 4 is 23.2 Å². The third-order valence-corrected chi connectivity index (χ3v) is 3.86. The molecule has 0 heterocycles. The Bertz CT molecular complexity index is 461. The maximum absolute atomic E-state index is 13.5. The molecule has 1 N–H and O–H groups in total. The molecule has 1 aromatic rings. The number of halogens is 3. The maximum atomic E-state index is 13.5. The van der Waals surface area contributed by atoms with Crippen LogP contribution in [-0.4, -0.2) is 32.1 Å². The summed E-state index contributed by atoms with van der Waals surface area (Å²) < 4.78 is 13.5. The Kier molecular flexibility index (Phi) is 6.26. The first-order valence-electron chi connectivity index (χ1n) is 6.65. The lowest BCUT2D eigenvalue weighted by molar-refractivity contribution is 0.227. The smallest absolute Gasteiger partial charge is 0.142 e. The monoisotopic (exact) mass is 320 g/mol.